The summed E-state index contributed by atoms with van der Waals surface area (Å²) in [5, 5.41) is 3.13. The van der Waals surface area contributed by atoms with Crippen molar-refractivity contribution in [1.29, 1.82) is 0 Å². The lowest BCUT2D eigenvalue weighted by molar-refractivity contribution is -0.116. The van der Waals surface area contributed by atoms with Crippen molar-refractivity contribution in [2.24, 2.45) is 0 Å². The van der Waals surface area contributed by atoms with Gasteiger partial charge in [0.05, 0.1) is 12.1 Å². The molecule has 154 valence electrons. The fourth-order valence-electron chi connectivity index (χ4n) is 2.71. The molecule has 1 N–H and O–H groups in total. The number of alkyl halides is 2. The number of fused-ring (bicyclic) bond motifs is 1. The molecule has 9 heteroatoms. The van der Waals surface area contributed by atoms with E-state index in [4.69, 9.17) is 25.8 Å². The predicted molar refractivity (Wildman–Crippen MR) is 103 cm³/mol. The van der Waals surface area contributed by atoms with Crippen LogP contribution in [0.3, 0.4) is 0 Å². The number of carbonyl (C=O) groups is 1. The van der Waals surface area contributed by atoms with Crippen LogP contribution in [0.25, 0.3) is 6.08 Å². The molecule has 0 bridgehead atoms. The average molecular weight is 426 g/mol. The van der Waals surface area contributed by atoms with Gasteiger partial charge in [0.1, 0.15) is 0 Å². The smallest absolute Gasteiger partial charge is 0.387 e. The molecular weight excluding hydrogens is 408 g/mol. The standard InChI is InChI=1S/C20H18ClF2NO5/c1-26-15-4-2-12(9-16(15)29-20(22)23)6-7-24-18(25)5-3-13-8-14(21)19-17(10-13)27-11-28-19/h2-5,8-10,20H,6-7,11H2,1H3,(H,24,25)/b5-3+. The van der Waals surface area contributed by atoms with Crippen molar-refractivity contribution in [3.8, 4) is 23.0 Å². The van der Waals surface area contributed by atoms with E-state index in [1.165, 1.54) is 25.3 Å². The van der Waals surface area contributed by atoms with E-state index < -0.39 is 6.61 Å². The number of methoxy groups -OCH3 is 1. The number of hydrogen-bond acceptors (Lipinski definition) is 5. The minimum absolute atomic E-state index is 0.0501. The topological polar surface area (TPSA) is 66.0 Å². The molecule has 6 nitrogen and oxygen atoms in total. The molecule has 0 saturated heterocycles. The molecule has 0 spiro atoms. The molecule has 29 heavy (non-hydrogen) atoms. The van der Waals surface area contributed by atoms with Crippen molar-refractivity contribution in [3.05, 3.63) is 52.6 Å². The number of nitrogens with one attached hydrogen (secondary N) is 1. The Kier molecular flexibility index (Phi) is 6.77. The van der Waals surface area contributed by atoms with Crippen molar-refractivity contribution in [3.63, 3.8) is 0 Å². The maximum Gasteiger partial charge on any atom is 0.387 e. The van der Waals surface area contributed by atoms with E-state index in [1.807, 2.05) is 0 Å². The Labute approximate surface area is 171 Å². The second kappa shape index (κ2) is 9.47. The van der Waals surface area contributed by atoms with Gasteiger partial charge in [-0.2, -0.15) is 8.78 Å². The normalized spacial score (nSPS) is 12.4. The molecule has 2 aromatic rings. The average Bonchev–Trinajstić information content (AvgIpc) is 3.15. The van der Waals surface area contributed by atoms with E-state index in [9.17, 15) is 13.6 Å². The molecule has 1 aliphatic heterocycles. The fourth-order valence-corrected chi connectivity index (χ4v) is 2.98. The Balaban J connectivity index is 1.54. The molecule has 0 fully saturated rings. The van der Waals surface area contributed by atoms with Gasteiger partial charge in [-0.05, 0) is 47.9 Å². The zero-order chi connectivity index (χ0) is 20.8. The molecule has 3 rings (SSSR count). The first-order chi connectivity index (χ1) is 14.0. The summed E-state index contributed by atoms with van der Waals surface area (Å²) in [6.45, 7) is -2.53. The molecule has 1 aliphatic rings. The maximum atomic E-state index is 12.5. The minimum Gasteiger partial charge on any atom is -0.493 e. The van der Waals surface area contributed by atoms with Crippen LogP contribution in [0.4, 0.5) is 8.78 Å². The molecule has 1 amide bonds. The summed E-state index contributed by atoms with van der Waals surface area (Å²) < 4.78 is 44.9. The molecular formula is C20H18ClF2NO5. The number of rotatable bonds is 8. The van der Waals surface area contributed by atoms with Gasteiger partial charge in [-0.1, -0.05) is 17.7 Å². The molecule has 1 heterocycles. The van der Waals surface area contributed by atoms with E-state index in [2.05, 4.69) is 10.1 Å². The SMILES string of the molecule is COc1ccc(CCNC(=O)/C=C/c2cc(Cl)c3c(c2)OCO3)cc1OC(F)F. The van der Waals surface area contributed by atoms with Crippen LogP contribution in [-0.4, -0.2) is 33.0 Å². The summed E-state index contributed by atoms with van der Waals surface area (Å²) >= 11 is 6.10. The summed E-state index contributed by atoms with van der Waals surface area (Å²) in [7, 11) is 1.37. The second-order valence-electron chi connectivity index (χ2n) is 5.97. The monoisotopic (exact) mass is 425 g/mol. The van der Waals surface area contributed by atoms with Gasteiger partial charge in [-0.25, -0.2) is 0 Å². The van der Waals surface area contributed by atoms with E-state index in [0.717, 1.165) is 0 Å². The zero-order valence-corrected chi connectivity index (χ0v) is 16.2. The lowest BCUT2D eigenvalue weighted by Gasteiger charge is -2.11. The number of ether oxygens (including phenoxy) is 4. The molecule has 2 aromatic carbocycles. The number of amides is 1. The summed E-state index contributed by atoms with van der Waals surface area (Å²) in [5.41, 5.74) is 1.41. The first-order valence-corrected chi connectivity index (χ1v) is 9.01. The molecule has 0 aromatic heterocycles. The lowest BCUT2D eigenvalue weighted by Crippen LogP contribution is -2.23. The first-order valence-electron chi connectivity index (χ1n) is 8.63. The van der Waals surface area contributed by atoms with Crippen LogP contribution in [-0.2, 0) is 11.2 Å². The van der Waals surface area contributed by atoms with Gasteiger partial charge >= 0.3 is 6.61 Å². The van der Waals surface area contributed by atoms with Crippen LogP contribution in [0.5, 0.6) is 23.0 Å². The quantitative estimate of drug-likeness (QED) is 0.646. The van der Waals surface area contributed by atoms with Gasteiger partial charge < -0.3 is 24.3 Å². The highest BCUT2D eigenvalue weighted by Crippen LogP contribution is 2.40. The van der Waals surface area contributed by atoms with Crippen LogP contribution < -0.4 is 24.3 Å². The van der Waals surface area contributed by atoms with Crippen molar-refractivity contribution >= 4 is 23.6 Å². The van der Waals surface area contributed by atoms with E-state index >= 15 is 0 Å². The maximum absolute atomic E-state index is 12.5. The van der Waals surface area contributed by atoms with Gasteiger partial charge in [0, 0.05) is 12.6 Å². The first kappa shape index (κ1) is 20.7. The van der Waals surface area contributed by atoms with Crippen molar-refractivity contribution in [2.75, 3.05) is 20.4 Å². The Bertz CT molecular complexity index is 920. The molecule has 0 atom stereocenters. The Morgan fingerprint density at radius 1 is 1.28 bits per heavy atom. The third-order valence-corrected chi connectivity index (χ3v) is 4.31. The van der Waals surface area contributed by atoms with Crippen LogP contribution in [0, 0.1) is 0 Å². The Morgan fingerprint density at radius 2 is 2.10 bits per heavy atom. The fraction of sp³-hybridized carbons (Fsp3) is 0.250. The molecule has 0 unspecified atom stereocenters. The van der Waals surface area contributed by atoms with E-state index in [1.54, 1.807) is 24.3 Å². The van der Waals surface area contributed by atoms with Gasteiger partial charge in [-0.3, -0.25) is 4.79 Å². The van der Waals surface area contributed by atoms with Gasteiger partial charge in [-0.15, -0.1) is 0 Å². The van der Waals surface area contributed by atoms with Crippen LogP contribution >= 0.6 is 11.6 Å². The highest BCUT2D eigenvalue weighted by molar-refractivity contribution is 6.32. The zero-order valence-electron chi connectivity index (χ0n) is 15.4. The van der Waals surface area contributed by atoms with Crippen LogP contribution in [0.15, 0.2) is 36.4 Å². The Morgan fingerprint density at radius 3 is 2.86 bits per heavy atom. The van der Waals surface area contributed by atoms with Crippen LogP contribution in [0.1, 0.15) is 11.1 Å². The largest absolute Gasteiger partial charge is 0.493 e. The molecule has 0 aliphatic carbocycles. The lowest BCUT2D eigenvalue weighted by atomic mass is 10.1. The van der Waals surface area contributed by atoms with E-state index in [-0.39, 0.29) is 24.2 Å². The van der Waals surface area contributed by atoms with Crippen molar-refractivity contribution in [1.82, 2.24) is 5.32 Å². The summed E-state index contributed by atoms with van der Waals surface area (Å²) in [6.07, 6.45) is 3.40. The summed E-state index contributed by atoms with van der Waals surface area (Å²) in [6, 6.07) is 8.11. The highest BCUT2D eigenvalue weighted by Gasteiger charge is 2.17. The molecule has 0 radical (unpaired) electrons. The highest BCUT2D eigenvalue weighted by atomic mass is 35.5. The second-order valence-corrected chi connectivity index (χ2v) is 6.38. The number of halogens is 3. The van der Waals surface area contributed by atoms with Gasteiger partial charge in [0.2, 0.25) is 12.7 Å². The van der Waals surface area contributed by atoms with E-state index in [0.29, 0.717) is 40.6 Å². The van der Waals surface area contributed by atoms with Gasteiger partial charge in [0.15, 0.2) is 23.0 Å². The van der Waals surface area contributed by atoms with Crippen molar-refractivity contribution in [2.45, 2.75) is 13.0 Å². The number of carbonyl (C=O) groups excluding carboxylic acids is 1. The Hall–Kier alpha value is -3.00. The van der Waals surface area contributed by atoms with Crippen LogP contribution in [0.2, 0.25) is 5.02 Å². The summed E-state index contributed by atoms with van der Waals surface area (Å²) in [4.78, 5) is 12.0. The predicted octanol–water partition coefficient (Wildman–Crippen LogP) is 4.05. The summed E-state index contributed by atoms with van der Waals surface area (Å²) in [5.74, 6) is 0.868. The third kappa shape index (κ3) is 5.51. The minimum atomic E-state index is -2.95. The number of hydrogen-bond donors (Lipinski definition) is 1. The molecule has 0 saturated carbocycles. The van der Waals surface area contributed by atoms with Crippen molar-refractivity contribution < 1.29 is 32.5 Å². The third-order valence-electron chi connectivity index (χ3n) is 4.03. The number of benzene rings is 2. The van der Waals surface area contributed by atoms with Gasteiger partial charge in [0.25, 0.3) is 0 Å².